The molecule has 1 aliphatic heterocycles. The Kier molecular flexibility index (Phi) is 5.62. The summed E-state index contributed by atoms with van der Waals surface area (Å²) in [5, 5.41) is 2.68. The molecule has 1 heterocycles. The zero-order chi connectivity index (χ0) is 18.8. The van der Waals surface area contributed by atoms with E-state index in [-0.39, 0.29) is 4.91 Å². The highest BCUT2D eigenvalue weighted by Gasteiger charge is 2.38. The van der Waals surface area contributed by atoms with Gasteiger partial charge >= 0.3 is 0 Å². The van der Waals surface area contributed by atoms with Gasteiger partial charge in [0.2, 0.25) is 0 Å². The molecule has 0 bridgehead atoms. The second-order valence-electron chi connectivity index (χ2n) is 5.76. The maximum atomic E-state index is 12.8. The molecule has 2 rings (SSSR count). The average Bonchev–Trinajstić information content (AvgIpc) is 2.58. The van der Waals surface area contributed by atoms with Crippen LogP contribution >= 0.6 is 0 Å². The third-order valence-corrected chi connectivity index (χ3v) is 6.15. The van der Waals surface area contributed by atoms with Gasteiger partial charge in [-0.2, -0.15) is 0 Å². The number of nitrogens with zero attached hydrogens (tertiary/aromatic N) is 1. The zero-order valence-electron chi connectivity index (χ0n) is 15.2. The largest absolute Gasteiger partial charge is 0.493 e. The van der Waals surface area contributed by atoms with Crippen molar-refractivity contribution in [1.29, 1.82) is 0 Å². The van der Waals surface area contributed by atoms with Gasteiger partial charge in [-0.1, -0.05) is 13.3 Å². The fourth-order valence-electron chi connectivity index (χ4n) is 2.76. The summed E-state index contributed by atoms with van der Waals surface area (Å²) in [6, 6.07) is 3.29. The van der Waals surface area contributed by atoms with Crippen LogP contribution < -0.4 is 19.1 Å². The fourth-order valence-corrected chi connectivity index (χ4v) is 4.24. The predicted molar refractivity (Wildman–Crippen MR) is 97.4 cm³/mol. The first kappa shape index (κ1) is 19.1. The van der Waals surface area contributed by atoms with Crippen LogP contribution in [0.3, 0.4) is 0 Å². The zero-order valence-corrected chi connectivity index (χ0v) is 16.0. The number of anilines is 1. The van der Waals surface area contributed by atoms with Gasteiger partial charge in [-0.15, -0.1) is 0 Å². The third kappa shape index (κ3) is 3.30. The summed E-state index contributed by atoms with van der Waals surface area (Å²) in [4.78, 5) is 12.3. The van der Waals surface area contributed by atoms with Gasteiger partial charge in [0.1, 0.15) is 0 Å². The van der Waals surface area contributed by atoms with Crippen molar-refractivity contribution in [1.82, 2.24) is 5.32 Å². The van der Waals surface area contributed by atoms with Crippen molar-refractivity contribution in [3.05, 3.63) is 22.6 Å². The fraction of sp³-hybridized carbons (Fsp3) is 0.471. The second-order valence-corrected chi connectivity index (χ2v) is 7.67. The summed E-state index contributed by atoms with van der Waals surface area (Å²) in [7, 11) is 0.469. The van der Waals surface area contributed by atoms with Crippen molar-refractivity contribution in [2.45, 2.75) is 26.7 Å². The van der Waals surface area contributed by atoms with Crippen LogP contribution in [-0.4, -0.2) is 42.1 Å². The van der Waals surface area contributed by atoms with E-state index in [1.807, 2.05) is 6.92 Å². The smallest absolute Gasteiger partial charge is 0.269 e. The molecular weight excluding hydrogens is 344 g/mol. The Balaban J connectivity index is 2.62. The highest BCUT2D eigenvalue weighted by Crippen LogP contribution is 2.44. The Labute approximate surface area is 148 Å². The van der Waals surface area contributed by atoms with Crippen LogP contribution in [0.25, 0.3) is 5.57 Å². The summed E-state index contributed by atoms with van der Waals surface area (Å²) in [6.45, 7) is 4.06. The topological polar surface area (TPSA) is 84.9 Å². The molecular formula is C17H24N2O5S. The number of hydrogen-bond acceptors (Lipinski definition) is 5. The first-order valence-electron chi connectivity index (χ1n) is 8.04. The van der Waals surface area contributed by atoms with Crippen molar-refractivity contribution in [2.24, 2.45) is 0 Å². The number of allylic oxidation sites excluding steroid dienone is 1. The molecule has 8 heteroatoms. The molecule has 1 amide bonds. The van der Waals surface area contributed by atoms with Crippen LogP contribution in [0.15, 0.2) is 17.0 Å². The van der Waals surface area contributed by atoms with E-state index in [1.54, 1.807) is 19.1 Å². The number of fused-ring (bicyclic) bond motifs is 1. The Hall–Kier alpha value is -2.22. The molecule has 0 saturated carbocycles. The first-order valence-corrected chi connectivity index (χ1v) is 9.48. The molecule has 0 aromatic heterocycles. The van der Waals surface area contributed by atoms with Crippen LogP contribution in [0.4, 0.5) is 5.69 Å². The summed E-state index contributed by atoms with van der Waals surface area (Å²) in [5.74, 6) is 0.309. The number of methoxy groups -OCH3 is 2. The molecule has 25 heavy (non-hydrogen) atoms. The standard InChI is InChI=1S/C17H24N2O5S/c1-6-7-8-18-17(20)16-11(2)12-9-14(23-4)15(24-5)10-13(12)19(3)25(16,21)22/h9-10H,6-8H2,1-5H3,(H,18,20). The van der Waals surface area contributed by atoms with Crippen molar-refractivity contribution >= 4 is 27.2 Å². The number of unbranched alkanes of at least 4 members (excludes halogenated alkanes) is 1. The van der Waals surface area contributed by atoms with Gasteiger partial charge < -0.3 is 14.8 Å². The predicted octanol–water partition coefficient (Wildman–Crippen LogP) is 2.13. The lowest BCUT2D eigenvalue weighted by Gasteiger charge is -2.30. The molecule has 0 saturated heterocycles. The van der Waals surface area contributed by atoms with Gasteiger partial charge in [-0.25, -0.2) is 8.42 Å². The minimum atomic E-state index is -3.94. The quantitative estimate of drug-likeness (QED) is 0.778. The number of rotatable bonds is 6. The Morgan fingerprint density at radius 2 is 1.80 bits per heavy atom. The Morgan fingerprint density at radius 1 is 1.20 bits per heavy atom. The van der Waals surface area contributed by atoms with Crippen LogP contribution in [0.2, 0.25) is 0 Å². The summed E-state index contributed by atoms with van der Waals surface area (Å²) in [5.41, 5.74) is 1.46. The van der Waals surface area contributed by atoms with Gasteiger partial charge in [0.05, 0.1) is 19.9 Å². The van der Waals surface area contributed by atoms with Gasteiger partial charge in [-0.3, -0.25) is 9.10 Å². The van der Waals surface area contributed by atoms with Gasteiger partial charge in [0.25, 0.3) is 15.9 Å². The number of hydrogen-bond donors (Lipinski definition) is 1. The molecule has 0 fully saturated rings. The van der Waals surface area contributed by atoms with E-state index in [2.05, 4.69) is 5.32 Å². The maximum Gasteiger partial charge on any atom is 0.269 e. The third-order valence-electron chi connectivity index (χ3n) is 4.23. The summed E-state index contributed by atoms with van der Waals surface area (Å²) < 4.78 is 37.4. The number of ether oxygens (including phenoxy) is 2. The lowest BCUT2D eigenvalue weighted by atomic mass is 10.0. The van der Waals surface area contributed by atoms with E-state index in [0.717, 1.165) is 17.1 Å². The maximum absolute atomic E-state index is 12.8. The minimum Gasteiger partial charge on any atom is -0.493 e. The number of amides is 1. The molecule has 1 aliphatic rings. The molecule has 1 aromatic carbocycles. The van der Waals surface area contributed by atoms with E-state index < -0.39 is 15.9 Å². The minimum absolute atomic E-state index is 0.231. The number of benzene rings is 1. The molecule has 0 radical (unpaired) electrons. The van der Waals surface area contributed by atoms with Crippen molar-refractivity contribution in [3.8, 4) is 11.5 Å². The van der Waals surface area contributed by atoms with Crippen molar-refractivity contribution in [2.75, 3.05) is 32.1 Å². The van der Waals surface area contributed by atoms with Crippen molar-refractivity contribution < 1.29 is 22.7 Å². The lowest BCUT2D eigenvalue weighted by Crippen LogP contribution is -2.39. The normalized spacial score (nSPS) is 15.6. The van der Waals surface area contributed by atoms with E-state index in [4.69, 9.17) is 9.47 Å². The molecule has 1 aromatic rings. The lowest BCUT2D eigenvalue weighted by molar-refractivity contribution is -0.116. The van der Waals surface area contributed by atoms with Crippen LogP contribution in [0.1, 0.15) is 32.3 Å². The summed E-state index contributed by atoms with van der Waals surface area (Å²) >= 11 is 0. The number of carbonyl (C=O) groups excluding carboxylic acids is 1. The summed E-state index contributed by atoms with van der Waals surface area (Å²) in [6.07, 6.45) is 1.69. The first-order chi connectivity index (χ1) is 11.8. The molecule has 1 N–H and O–H groups in total. The SMILES string of the molecule is CCCCNC(=O)C1=C(C)c2cc(OC)c(OC)cc2N(C)S1(=O)=O. The van der Waals surface area contributed by atoms with Gasteiger partial charge in [0, 0.05) is 25.2 Å². The van der Waals surface area contributed by atoms with E-state index in [9.17, 15) is 13.2 Å². The average molecular weight is 368 g/mol. The molecule has 7 nitrogen and oxygen atoms in total. The highest BCUT2D eigenvalue weighted by molar-refractivity contribution is 7.97. The van der Waals surface area contributed by atoms with E-state index in [0.29, 0.717) is 34.9 Å². The Bertz CT molecular complexity index is 815. The number of sulfonamides is 1. The molecule has 0 aliphatic carbocycles. The van der Waals surface area contributed by atoms with Crippen LogP contribution in [0.5, 0.6) is 11.5 Å². The van der Waals surface area contributed by atoms with Crippen molar-refractivity contribution in [3.63, 3.8) is 0 Å². The van der Waals surface area contributed by atoms with Crippen LogP contribution in [-0.2, 0) is 14.8 Å². The Morgan fingerprint density at radius 3 is 2.36 bits per heavy atom. The van der Waals surface area contributed by atoms with E-state index in [1.165, 1.54) is 21.3 Å². The highest BCUT2D eigenvalue weighted by atomic mass is 32.2. The molecule has 0 unspecified atom stereocenters. The monoisotopic (exact) mass is 368 g/mol. The van der Waals surface area contributed by atoms with Gasteiger partial charge in [-0.05, 0) is 25.0 Å². The van der Waals surface area contributed by atoms with Gasteiger partial charge in [0.15, 0.2) is 16.4 Å². The molecule has 138 valence electrons. The molecule has 0 atom stereocenters. The number of carbonyl (C=O) groups is 1. The van der Waals surface area contributed by atoms with E-state index >= 15 is 0 Å². The number of nitrogens with one attached hydrogen (secondary N) is 1. The molecule has 0 spiro atoms. The van der Waals surface area contributed by atoms with Crippen LogP contribution in [0, 0.1) is 0 Å². The second kappa shape index (κ2) is 7.35.